The summed E-state index contributed by atoms with van der Waals surface area (Å²) in [6, 6.07) is 28.5. The maximum Gasteiger partial charge on any atom is 1.00 e. The fourth-order valence-corrected chi connectivity index (χ4v) is 4.62. The molecule has 5 nitrogen and oxygen atoms in total. The predicted octanol–water partition coefficient (Wildman–Crippen LogP) is 1.57. The molecule has 0 saturated heterocycles. The first kappa shape index (κ1) is 25.1. The fraction of sp³-hybridized carbons (Fsp3) is 0.0800. The molecule has 4 aromatic rings. The first-order valence-electron chi connectivity index (χ1n) is 9.80. The van der Waals surface area contributed by atoms with E-state index in [1.165, 1.54) is 0 Å². The Morgan fingerprint density at radius 1 is 0.909 bits per heavy atom. The molecule has 1 aromatic heterocycles. The molecule has 8 heteroatoms. The van der Waals surface area contributed by atoms with Gasteiger partial charge in [0, 0.05) is 16.7 Å². The van der Waals surface area contributed by atoms with Gasteiger partial charge in [0.1, 0.15) is 10.0 Å². The van der Waals surface area contributed by atoms with Crippen molar-refractivity contribution in [3.05, 3.63) is 123 Å². The molecule has 1 heterocycles. The van der Waals surface area contributed by atoms with Crippen LogP contribution in [0, 0.1) is 6.92 Å². The summed E-state index contributed by atoms with van der Waals surface area (Å²) < 4.78 is 0.207. The molecule has 0 amide bonds. The van der Waals surface area contributed by atoms with E-state index in [-0.39, 0.29) is 39.6 Å². The standard InChI is InChI=1S/C25H19ClN2O3S.Na/c1-17-27-21(23(26)32-17)22(24(29)30)28-31-25(18-11-5-2-6-12-18,19-13-7-3-8-14-19)20-15-9-4-10-16-20;/h2-16H,1H3,(H,29,30);/q;+1/p-1/b28-22-;. The third-order valence-corrected chi connectivity index (χ3v) is 6.09. The van der Waals surface area contributed by atoms with Crippen molar-refractivity contribution in [3.8, 4) is 0 Å². The zero-order valence-electron chi connectivity index (χ0n) is 18.1. The van der Waals surface area contributed by atoms with Gasteiger partial charge in [0.15, 0.2) is 5.71 Å². The van der Waals surface area contributed by atoms with E-state index in [0.717, 1.165) is 28.0 Å². The molecule has 0 aliphatic rings. The number of rotatable bonds is 7. The van der Waals surface area contributed by atoms with Crippen LogP contribution in [0.15, 0.2) is 96.2 Å². The van der Waals surface area contributed by atoms with Gasteiger partial charge in [-0.05, 0) is 6.92 Å². The predicted molar refractivity (Wildman–Crippen MR) is 124 cm³/mol. The van der Waals surface area contributed by atoms with E-state index in [2.05, 4.69) is 10.1 Å². The molecule has 0 N–H and O–H groups in total. The summed E-state index contributed by atoms with van der Waals surface area (Å²) in [5.41, 5.74) is 0.671. The van der Waals surface area contributed by atoms with Crippen molar-refractivity contribution in [1.29, 1.82) is 0 Å². The topological polar surface area (TPSA) is 74.6 Å². The van der Waals surface area contributed by atoms with Crippen LogP contribution < -0.4 is 34.7 Å². The molecule has 0 fully saturated rings. The van der Waals surface area contributed by atoms with Crippen molar-refractivity contribution >= 4 is 34.6 Å². The van der Waals surface area contributed by atoms with Crippen LogP contribution in [-0.2, 0) is 15.2 Å². The van der Waals surface area contributed by atoms with Gasteiger partial charge < -0.3 is 14.7 Å². The first-order valence-corrected chi connectivity index (χ1v) is 11.0. The van der Waals surface area contributed by atoms with Crippen LogP contribution in [0.5, 0.6) is 0 Å². The maximum atomic E-state index is 12.0. The molecule has 0 radical (unpaired) electrons. The number of nitrogens with zero attached hydrogens (tertiary/aromatic N) is 2. The minimum absolute atomic E-state index is 0. The number of hydrogen-bond acceptors (Lipinski definition) is 6. The van der Waals surface area contributed by atoms with Gasteiger partial charge in [0.05, 0.1) is 11.0 Å². The number of carbonyl (C=O) groups excluding carboxylic acids is 1. The third kappa shape index (κ3) is 5.21. The second-order valence-electron chi connectivity index (χ2n) is 6.95. The summed E-state index contributed by atoms with van der Waals surface area (Å²) >= 11 is 7.38. The normalized spacial score (nSPS) is 11.5. The number of aryl methyl sites for hydroxylation is 1. The molecular weight excluding hydrogens is 467 g/mol. The molecule has 33 heavy (non-hydrogen) atoms. The number of carbonyl (C=O) groups is 1. The summed E-state index contributed by atoms with van der Waals surface area (Å²) in [7, 11) is 0. The average molecular weight is 485 g/mol. The number of thiazole rings is 1. The van der Waals surface area contributed by atoms with Crippen LogP contribution in [0.1, 0.15) is 27.4 Å². The van der Waals surface area contributed by atoms with Crippen LogP contribution in [0.4, 0.5) is 0 Å². The quantitative estimate of drug-likeness (QED) is 0.173. The number of hydrogen-bond donors (Lipinski definition) is 0. The number of aliphatic carboxylic acids is 1. The molecule has 0 aliphatic carbocycles. The van der Waals surface area contributed by atoms with E-state index < -0.39 is 17.3 Å². The summed E-state index contributed by atoms with van der Waals surface area (Å²) in [5.74, 6) is -1.53. The maximum absolute atomic E-state index is 12.0. The molecule has 0 aliphatic heterocycles. The minimum Gasteiger partial charge on any atom is -0.543 e. The molecular formula is C25H18ClN2NaO3S. The van der Waals surface area contributed by atoms with Crippen molar-refractivity contribution in [1.82, 2.24) is 4.98 Å². The number of carboxylic acid groups (broad SMARTS) is 1. The van der Waals surface area contributed by atoms with Crippen LogP contribution in [0.2, 0.25) is 4.34 Å². The van der Waals surface area contributed by atoms with Crippen LogP contribution >= 0.6 is 22.9 Å². The van der Waals surface area contributed by atoms with Gasteiger partial charge in [-0.3, -0.25) is 0 Å². The van der Waals surface area contributed by atoms with E-state index in [1.807, 2.05) is 91.0 Å². The van der Waals surface area contributed by atoms with Gasteiger partial charge in [-0.15, -0.1) is 11.3 Å². The Bertz CT molecular complexity index is 1150. The second-order valence-corrected chi connectivity index (χ2v) is 8.76. The summed E-state index contributed by atoms with van der Waals surface area (Å²) in [4.78, 5) is 22.4. The molecule has 3 aromatic carbocycles. The average Bonchev–Trinajstić information content (AvgIpc) is 3.16. The number of carboxylic acids is 1. The van der Waals surface area contributed by atoms with E-state index in [0.29, 0.717) is 5.01 Å². The number of aromatic nitrogens is 1. The Morgan fingerprint density at radius 2 is 1.33 bits per heavy atom. The van der Waals surface area contributed by atoms with Gasteiger partial charge in [-0.25, -0.2) is 4.98 Å². The van der Waals surface area contributed by atoms with E-state index in [1.54, 1.807) is 6.92 Å². The molecule has 160 valence electrons. The summed E-state index contributed by atoms with van der Waals surface area (Å²) in [5, 5.41) is 16.7. The minimum atomic E-state index is -1.53. The van der Waals surface area contributed by atoms with Crippen LogP contribution in [-0.4, -0.2) is 16.7 Å². The van der Waals surface area contributed by atoms with Crippen LogP contribution in [0.25, 0.3) is 0 Å². The van der Waals surface area contributed by atoms with E-state index in [4.69, 9.17) is 16.4 Å². The number of halogens is 1. The van der Waals surface area contributed by atoms with Crippen molar-refractivity contribution in [2.45, 2.75) is 12.5 Å². The van der Waals surface area contributed by atoms with E-state index in [9.17, 15) is 9.90 Å². The van der Waals surface area contributed by atoms with Crippen molar-refractivity contribution in [2.24, 2.45) is 5.16 Å². The fourth-order valence-electron chi connectivity index (χ4n) is 3.52. The smallest absolute Gasteiger partial charge is 0.543 e. The van der Waals surface area contributed by atoms with Gasteiger partial charge in [-0.2, -0.15) is 0 Å². The number of benzene rings is 3. The van der Waals surface area contributed by atoms with Gasteiger partial charge in [-0.1, -0.05) is 108 Å². The Labute approximate surface area is 223 Å². The molecule has 4 rings (SSSR count). The van der Waals surface area contributed by atoms with Crippen molar-refractivity contribution in [3.63, 3.8) is 0 Å². The first-order chi connectivity index (χ1) is 15.5. The molecule has 0 bridgehead atoms. The largest absolute Gasteiger partial charge is 1.00 e. The number of oxime groups is 1. The van der Waals surface area contributed by atoms with Crippen LogP contribution in [0.3, 0.4) is 0 Å². The Kier molecular flexibility index (Phi) is 8.46. The van der Waals surface area contributed by atoms with E-state index >= 15 is 0 Å². The summed E-state index contributed by atoms with van der Waals surface area (Å²) in [6.07, 6.45) is 0. The molecule has 0 saturated carbocycles. The zero-order chi connectivity index (χ0) is 22.6. The molecule has 0 unspecified atom stereocenters. The van der Waals surface area contributed by atoms with Crippen molar-refractivity contribution < 1.29 is 44.3 Å². The SMILES string of the molecule is Cc1nc(/C(=N/OC(c2ccccc2)(c2ccccc2)c2ccccc2)C(=O)[O-])c(Cl)s1.[Na+]. The third-order valence-electron chi connectivity index (χ3n) is 4.93. The van der Waals surface area contributed by atoms with Crippen molar-refractivity contribution in [2.75, 3.05) is 0 Å². The molecule has 0 spiro atoms. The Balaban J connectivity index is 0.00000306. The Hall–Kier alpha value is -2.48. The molecule has 0 atom stereocenters. The summed E-state index contributed by atoms with van der Waals surface area (Å²) in [6.45, 7) is 1.73. The van der Waals surface area contributed by atoms with Gasteiger partial charge in [0.25, 0.3) is 0 Å². The monoisotopic (exact) mass is 484 g/mol. The van der Waals surface area contributed by atoms with Gasteiger partial charge in [0.2, 0.25) is 5.60 Å². The van der Waals surface area contributed by atoms with Gasteiger partial charge >= 0.3 is 29.6 Å². The Morgan fingerprint density at radius 3 is 1.67 bits per heavy atom. The second kappa shape index (κ2) is 11.1. The zero-order valence-corrected chi connectivity index (χ0v) is 21.6.